The molecule has 1 heterocycles. The second-order valence-corrected chi connectivity index (χ2v) is 4.77. The van der Waals surface area contributed by atoms with E-state index in [0.29, 0.717) is 12.2 Å². The topological polar surface area (TPSA) is 24.1 Å². The average molecular weight is 278 g/mol. The molecule has 20 heavy (non-hydrogen) atoms. The quantitative estimate of drug-likeness (QED) is 0.804. The predicted molar refractivity (Wildman–Crippen MR) is 73.7 cm³/mol. The predicted octanol–water partition coefficient (Wildman–Crippen LogP) is 4.48. The molecule has 0 aromatic heterocycles. The van der Waals surface area contributed by atoms with Gasteiger partial charge in [0.05, 0.1) is 23.6 Å². The molecule has 0 fully saturated rings. The molecule has 0 aliphatic carbocycles. The normalized spacial score (nSPS) is 13.6. The Kier molecular flexibility index (Phi) is 2.85. The van der Waals surface area contributed by atoms with Gasteiger partial charge in [-0.1, -0.05) is 18.2 Å². The first-order chi connectivity index (χ1) is 9.47. The number of benzene rings is 2. The van der Waals surface area contributed by atoms with Crippen LogP contribution in [0.4, 0.5) is 24.5 Å². The minimum Gasteiger partial charge on any atom is -0.366 e. The van der Waals surface area contributed by atoms with Gasteiger partial charge in [-0.2, -0.15) is 13.2 Å². The van der Waals surface area contributed by atoms with E-state index in [2.05, 4.69) is 10.6 Å². The summed E-state index contributed by atoms with van der Waals surface area (Å²) in [5.41, 5.74) is 2.95. The van der Waals surface area contributed by atoms with Gasteiger partial charge in [0.15, 0.2) is 0 Å². The van der Waals surface area contributed by atoms with Crippen molar-refractivity contribution in [1.29, 1.82) is 0 Å². The fourth-order valence-corrected chi connectivity index (χ4v) is 2.50. The summed E-state index contributed by atoms with van der Waals surface area (Å²) in [5, 5.41) is 6.28. The standard InChI is InChI=1S/C15H13F3N2/c1-9-11(3-2-4-12(9)15(16,17)18)10-5-6-13-14(7-10)20-8-19-13/h2-7,19-20H,8H2,1H3. The molecule has 2 aromatic rings. The molecule has 5 heteroatoms. The van der Waals surface area contributed by atoms with Crippen molar-refractivity contribution in [2.75, 3.05) is 17.3 Å². The SMILES string of the molecule is Cc1c(-c2ccc3c(c2)NCN3)cccc1C(F)(F)F. The van der Waals surface area contributed by atoms with Crippen molar-refractivity contribution in [3.05, 3.63) is 47.5 Å². The van der Waals surface area contributed by atoms with Crippen LogP contribution in [0, 0.1) is 6.92 Å². The number of alkyl halides is 3. The van der Waals surface area contributed by atoms with E-state index in [-0.39, 0.29) is 5.56 Å². The second-order valence-electron chi connectivity index (χ2n) is 4.77. The summed E-state index contributed by atoms with van der Waals surface area (Å²) in [7, 11) is 0. The summed E-state index contributed by atoms with van der Waals surface area (Å²) in [6.07, 6.45) is -4.32. The van der Waals surface area contributed by atoms with E-state index in [1.165, 1.54) is 13.0 Å². The lowest BCUT2D eigenvalue weighted by Crippen LogP contribution is -2.07. The third kappa shape index (κ3) is 2.09. The number of anilines is 2. The van der Waals surface area contributed by atoms with Crippen molar-refractivity contribution < 1.29 is 13.2 Å². The number of hydrogen-bond acceptors (Lipinski definition) is 2. The van der Waals surface area contributed by atoms with Gasteiger partial charge in [-0.15, -0.1) is 0 Å². The lowest BCUT2D eigenvalue weighted by atomic mass is 9.95. The van der Waals surface area contributed by atoms with Crippen LogP contribution in [0.5, 0.6) is 0 Å². The third-order valence-corrected chi connectivity index (χ3v) is 3.53. The summed E-state index contributed by atoms with van der Waals surface area (Å²) in [6, 6.07) is 9.87. The maximum atomic E-state index is 12.9. The molecule has 0 saturated heterocycles. The van der Waals surface area contributed by atoms with E-state index in [4.69, 9.17) is 0 Å². The van der Waals surface area contributed by atoms with E-state index in [9.17, 15) is 13.2 Å². The zero-order valence-corrected chi connectivity index (χ0v) is 10.8. The summed E-state index contributed by atoms with van der Waals surface area (Å²) in [6.45, 7) is 2.15. The highest BCUT2D eigenvalue weighted by molar-refractivity contribution is 5.81. The molecule has 0 bridgehead atoms. The number of halogens is 3. The van der Waals surface area contributed by atoms with Crippen molar-refractivity contribution in [3.63, 3.8) is 0 Å². The van der Waals surface area contributed by atoms with Crippen LogP contribution in [0.25, 0.3) is 11.1 Å². The summed E-state index contributed by atoms with van der Waals surface area (Å²) in [5.74, 6) is 0. The zero-order chi connectivity index (χ0) is 14.3. The Balaban J connectivity index is 2.11. The first-order valence-electron chi connectivity index (χ1n) is 6.26. The van der Waals surface area contributed by atoms with Gasteiger partial charge in [-0.25, -0.2) is 0 Å². The van der Waals surface area contributed by atoms with Crippen molar-refractivity contribution >= 4 is 11.4 Å². The Hall–Kier alpha value is -2.17. The van der Waals surface area contributed by atoms with Crippen molar-refractivity contribution in [2.24, 2.45) is 0 Å². The molecule has 0 radical (unpaired) electrons. The smallest absolute Gasteiger partial charge is 0.366 e. The molecule has 1 aliphatic rings. The molecule has 2 aromatic carbocycles. The van der Waals surface area contributed by atoms with Gasteiger partial charge >= 0.3 is 6.18 Å². The molecule has 2 nitrogen and oxygen atoms in total. The van der Waals surface area contributed by atoms with Gasteiger partial charge in [0, 0.05) is 0 Å². The largest absolute Gasteiger partial charge is 0.416 e. The maximum absolute atomic E-state index is 12.9. The van der Waals surface area contributed by atoms with Gasteiger partial charge < -0.3 is 10.6 Å². The van der Waals surface area contributed by atoms with Crippen LogP contribution < -0.4 is 10.6 Å². The van der Waals surface area contributed by atoms with Crippen LogP contribution in [0.2, 0.25) is 0 Å². The van der Waals surface area contributed by atoms with Gasteiger partial charge in [0.1, 0.15) is 0 Å². The highest BCUT2D eigenvalue weighted by Gasteiger charge is 2.33. The Labute approximate surface area is 114 Å². The van der Waals surface area contributed by atoms with Gasteiger partial charge in [-0.3, -0.25) is 0 Å². The molecular weight excluding hydrogens is 265 g/mol. The molecule has 0 saturated carbocycles. The molecular formula is C15H13F3N2. The molecule has 2 N–H and O–H groups in total. The highest BCUT2D eigenvalue weighted by Crippen LogP contribution is 2.38. The zero-order valence-electron chi connectivity index (χ0n) is 10.8. The lowest BCUT2D eigenvalue weighted by molar-refractivity contribution is -0.138. The Bertz CT molecular complexity index is 663. The molecule has 0 atom stereocenters. The maximum Gasteiger partial charge on any atom is 0.416 e. The van der Waals surface area contributed by atoms with Crippen molar-refractivity contribution in [1.82, 2.24) is 0 Å². The molecule has 0 unspecified atom stereocenters. The Morgan fingerprint density at radius 3 is 2.50 bits per heavy atom. The van der Waals surface area contributed by atoms with E-state index in [1.807, 2.05) is 18.2 Å². The van der Waals surface area contributed by atoms with Crippen LogP contribution in [0.3, 0.4) is 0 Å². The summed E-state index contributed by atoms with van der Waals surface area (Å²) >= 11 is 0. The van der Waals surface area contributed by atoms with E-state index in [1.54, 1.807) is 6.07 Å². The van der Waals surface area contributed by atoms with E-state index >= 15 is 0 Å². The fraction of sp³-hybridized carbons (Fsp3) is 0.200. The van der Waals surface area contributed by atoms with Crippen molar-refractivity contribution in [2.45, 2.75) is 13.1 Å². The number of hydrogen-bond donors (Lipinski definition) is 2. The number of rotatable bonds is 1. The molecule has 1 aliphatic heterocycles. The van der Waals surface area contributed by atoms with Gasteiger partial charge in [0.25, 0.3) is 0 Å². The second kappa shape index (κ2) is 4.44. The highest BCUT2D eigenvalue weighted by atomic mass is 19.4. The molecule has 104 valence electrons. The molecule has 0 spiro atoms. The monoisotopic (exact) mass is 278 g/mol. The van der Waals surface area contributed by atoms with Gasteiger partial charge in [0.2, 0.25) is 0 Å². The summed E-state index contributed by atoms with van der Waals surface area (Å²) in [4.78, 5) is 0. The van der Waals surface area contributed by atoms with Crippen LogP contribution in [0.15, 0.2) is 36.4 Å². The van der Waals surface area contributed by atoms with Crippen LogP contribution >= 0.6 is 0 Å². The first-order valence-corrected chi connectivity index (χ1v) is 6.26. The minimum absolute atomic E-state index is 0.255. The first kappa shape index (κ1) is 12.8. The van der Waals surface area contributed by atoms with Crippen LogP contribution in [-0.4, -0.2) is 6.67 Å². The Morgan fingerprint density at radius 1 is 1.00 bits per heavy atom. The minimum atomic E-state index is -4.32. The fourth-order valence-electron chi connectivity index (χ4n) is 2.50. The lowest BCUT2D eigenvalue weighted by Gasteiger charge is -2.14. The summed E-state index contributed by atoms with van der Waals surface area (Å²) < 4.78 is 38.8. The third-order valence-electron chi connectivity index (χ3n) is 3.53. The number of fused-ring (bicyclic) bond motifs is 1. The Morgan fingerprint density at radius 2 is 1.75 bits per heavy atom. The van der Waals surface area contributed by atoms with Gasteiger partial charge in [-0.05, 0) is 41.8 Å². The van der Waals surface area contributed by atoms with E-state index in [0.717, 1.165) is 23.0 Å². The number of nitrogens with one attached hydrogen (secondary N) is 2. The van der Waals surface area contributed by atoms with E-state index < -0.39 is 11.7 Å². The molecule has 3 rings (SSSR count). The average Bonchev–Trinajstić information content (AvgIpc) is 2.84. The molecule has 0 amide bonds. The van der Waals surface area contributed by atoms with Crippen LogP contribution in [0.1, 0.15) is 11.1 Å². The van der Waals surface area contributed by atoms with Crippen molar-refractivity contribution in [3.8, 4) is 11.1 Å². The van der Waals surface area contributed by atoms with Crippen LogP contribution in [-0.2, 0) is 6.18 Å².